The fourth-order valence-corrected chi connectivity index (χ4v) is 5.49. The Kier molecular flexibility index (Phi) is 5.83. The van der Waals surface area contributed by atoms with Gasteiger partial charge in [-0.05, 0) is 35.4 Å². The van der Waals surface area contributed by atoms with E-state index in [2.05, 4.69) is 5.32 Å². The molecule has 0 saturated carbocycles. The van der Waals surface area contributed by atoms with Gasteiger partial charge in [0.1, 0.15) is 11.3 Å². The molecule has 2 aliphatic heterocycles. The second-order valence-electron chi connectivity index (χ2n) is 8.80. The number of carboxylic acid groups (broad SMARTS) is 1. The van der Waals surface area contributed by atoms with Gasteiger partial charge < -0.3 is 9.84 Å². The first kappa shape index (κ1) is 23.1. The fraction of sp³-hybridized carbons (Fsp3) is 0.222. The molecule has 2 saturated heterocycles. The van der Waals surface area contributed by atoms with Gasteiger partial charge in [-0.3, -0.25) is 19.7 Å². The molecule has 35 heavy (non-hydrogen) atoms. The summed E-state index contributed by atoms with van der Waals surface area (Å²) in [5, 5.41) is 14.3. The number of para-hydroxylation sites is 2. The summed E-state index contributed by atoms with van der Waals surface area (Å²) in [6, 6.07) is 22.0. The molecule has 3 aromatic rings. The Balaban J connectivity index is 1.67. The van der Waals surface area contributed by atoms with Crippen LogP contribution in [0.4, 0.5) is 5.69 Å². The molecule has 0 unspecified atom stereocenters. The monoisotopic (exact) mass is 490 g/mol. The van der Waals surface area contributed by atoms with Crippen LogP contribution in [-0.4, -0.2) is 35.5 Å². The summed E-state index contributed by atoms with van der Waals surface area (Å²) in [7, 11) is 1.46. The van der Waals surface area contributed by atoms with Crippen molar-refractivity contribution in [1.29, 1.82) is 0 Å². The number of anilines is 1. The largest absolute Gasteiger partial charge is 0.495 e. The van der Waals surface area contributed by atoms with Gasteiger partial charge in [-0.2, -0.15) is 0 Å². The summed E-state index contributed by atoms with van der Waals surface area (Å²) in [5.74, 6) is -3.91. The highest BCUT2D eigenvalue weighted by atomic mass is 35.5. The highest BCUT2D eigenvalue weighted by Crippen LogP contribution is 2.51. The number of carbonyl (C=O) groups excluding carboxylic acids is 2. The average molecular weight is 491 g/mol. The van der Waals surface area contributed by atoms with Crippen molar-refractivity contribution in [3.05, 3.63) is 95.0 Å². The minimum absolute atomic E-state index is 0.0349. The lowest BCUT2D eigenvalue weighted by atomic mass is 9.76. The van der Waals surface area contributed by atoms with E-state index in [1.165, 1.54) is 7.11 Å². The van der Waals surface area contributed by atoms with E-state index in [1.54, 1.807) is 48.5 Å². The molecule has 4 atom stereocenters. The molecule has 2 fully saturated rings. The molecule has 0 radical (unpaired) electrons. The highest BCUT2D eigenvalue weighted by molar-refractivity contribution is 6.30. The minimum atomic E-state index is -1.69. The second-order valence-corrected chi connectivity index (χ2v) is 9.24. The first-order valence-corrected chi connectivity index (χ1v) is 11.6. The Morgan fingerprint density at radius 1 is 1.00 bits per heavy atom. The first-order chi connectivity index (χ1) is 16.9. The molecular weight excluding hydrogens is 468 g/mol. The number of hydrogen-bond acceptors (Lipinski definition) is 5. The van der Waals surface area contributed by atoms with Crippen molar-refractivity contribution < 1.29 is 24.2 Å². The first-order valence-electron chi connectivity index (χ1n) is 11.2. The van der Waals surface area contributed by atoms with Crippen LogP contribution in [0, 0.1) is 11.8 Å². The molecule has 2 amide bonds. The van der Waals surface area contributed by atoms with Crippen LogP contribution in [0.5, 0.6) is 5.75 Å². The summed E-state index contributed by atoms with van der Waals surface area (Å²) >= 11 is 6.07. The van der Waals surface area contributed by atoms with Crippen LogP contribution >= 0.6 is 11.6 Å². The maximum atomic E-state index is 13.9. The third-order valence-electron chi connectivity index (χ3n) is 6.92. The lowest BCUT2D eigenvalue weighted by Gasteiger charge is -2.31. The molecule has 7 nitrogen and oxygen atoms in total. The predicted octanol–water partition coefficient (Wildman–Crippen LogP) is 3.86. The van der Waals surface area contributed by atoms with E-state index >= 15 is 0 Å². The number of halogens is 1. The zero-order valence-corrected chi connectivity index (χ0v) is 19.6. The van der Waals surface area contributed by atoms with E-state index in [-0.39, 0.29) is 6.42 Å². The number of methoxy groups -OCH3 is 1. The van der Waals surface area contributed by atoms with E-state index in [1.807, 2.05) is 30.3 Å². The number of amides is 2. The molecule has 2 N–H and O–H groups in total. The number of fused-ring (bicyclic) bond motifs is 1. The maximum Gasteiger partial charge on any atom is 0.325 e. The molecular formula is C27H23ClN2O5. The lowest BCUT2D eigenvalue weighted by molar-refractivity contribution is -0.148. The molecule has 2 heterocycles. The maximum absolute atomic E-state index is 13.9. The summed E-state index contributed by atoms with van der Waals surface area (Å²) < 4.78 is 5.40. The van der Waals surface area contributed by atoms with Crippen LogP contribution in [0.2, 0.25) is 5.02 Å². The van der Waals surface area contributed by atoms with Crippen molar-refractivity contribution in [2.24, 2.45) is 11.8 Å². The second kappa shape index (κ2) is 8.83. The normalized spacial score (nSPS) is 25.5. The summed E-state index contributed by atoms with van der Waals surface area (Å²) in [4.78, 5) is 41.8. The number of nitrogens with zero attached hydrogens (tertiary/aromatic N) is 1. The Bertz CT molecular complexity index is 1300. The number of imide groups is 1. The topological polar surface area (TPSA) is 95.9 Å². The van der Waals surface area contributed by atoms with Crippen molar-refractivity contribution in [1.82, 2.24) is 5.32 Å². The van der Waals surface area contributed by atoms with Crippen LogP contribution in [0.25, 0.3) is 0 Å². The Hall–Kier alpha value is -3.68. The summed E-state index contributed by atoms with van der Waals surface area (Å²) in [5.41, 5.74) is 0.0329. The Labute approximate surface area is 207 Å². The molecule has 0 aliphatic carbocycles. The van der Waals surface area contributed by atoms with Crippen molar-refractivity contribution in [3.63, 3.8) is 0 Å². The third-order valence-corrected chi connectivity index (χ3v) is 7.17. The summed E-state index contributed by atoms with van der Waals surface area (Å²) in [6.45, 7) is 0. The van der Waals surface area contributed by atoms with E-state index in [0.29, 0.717) is 22.0 Å². The smallest absolute Gasteiger partial charge is 0.325 e. The van der Waals surface area contributed by atoms with E-state index in [4.69, 9.17) is 16.3 Å². The van der Waals surface area contributed by atoms with E-state index < -0.39 is 41.2 Å². The predicted molar refractivity (Wildman–Crippen MR) is 130 cm³/mol. The van der Waals surface area contributed by atoms with Crippen LogP contribution in [0.15, 0.2) is 78.9 Å². The number of ether oxygens (including phenoxy) is 1. The molecule has 178 valence electrons. The average Bonchev–Trinajstić information content (AvgIpc) is 3.34. The number of aliphatic carboxylic acids is 1. The van der Waals surface area contributed by atoms with Gasteiger partial charge in [0.2, 0.25) is 11.8 Å². The molecule has 8 heteroatoms. The van der Waals surface area contributed by atoms with Gasteiger partial charge >= 0.3 is 5.97 Å². The highest BCUT2D eigenvalue weighted by Gasteiger charge is 2.68. The lowest BCUT2D eigenvalue weighted by Crippen LogP contribution is -2.57. The van der Waals surface area contributed by atoms with Gasteiger partial charge in [-0.15, -0.1) is 0 Å². The molecule has 5 rings (SSSR count). The number of benzene rings is 3. The van der Waals surface area contributed by atoms with Gasteiger partial charge in [0.25, 0.3) is 0 Å². The van der Waals surface area contributed by atoms with Gasteiger partial charge in [0.05, 0.1) is 24.6 Å². The van der Waals surface area contributed by atoms with Gasteiger partial charge in [0, 0.05) is 17.5 Å². The fourth-order valence-electron chi connectivity index (χ4n) is 5.36. The molecule has 0 bridgehead atoms. The number of carboxylic acids is 1. The van der Waals surface area contributed by atoms with Crippen LogP contribution in [0.1, 0.15) is 17.2 Å². The summed E-state index contributed by atoms with van der Waals surface area (Å²) in [6.07, 6.45) is 0.0349. The van der Waals surface area contributed by atoms with Crippen molar-refractivity contribution >= 4 is 35.1 Å². The zero-order chi connectivity index (χ0) is 24.7. The number of nitrogens with one attached hydrogen (secondary N) is 1. The standard InChI is InChI=1S/C27H23ClN2O5/c1-35-20-10-6-5-9-19(20)30-24(31)21-22(25(30)32)27(26(33)34,15-16-7-3-2-4-8-16)29-23(21)17-11-13-18(28)14-12-17/h2-14,21-23,29H,15H2,1H3,(H,33,34)/t21-,22-,23-,27+/m0/s1. The third kappa shape index (κ3) is 3.68. The van der Waals surface area contributed by atoms with Crippen LogP contribution in [0.3, 0.4) is 0 Å². The van der Waals surface area contributed by atoms with Crippen molar-refractivity contribution in [3.8, 4) is 5.75 Å². The van der Waals surface area contributed by atoms with Crippen molar-refractivity contribution in [2.45, 2.75) is 18.0 Å². The van der Waals surface area contributed by atoms with Crippen LogP contribution in [-0.2, 0) is 20.8 Å². The number of carbonyl (C=O) groups is 3. The molecule has 0 spiro atoms. The van der Waals surface area contributed by atoms with Gasteiger partial charge in [0.15, 0.2) is 0 Å². The van der Waals surface area contributed by atoms with E-state index in [0.717, 1.165) is 10.5 Å². The van der Waals surface area contributed by atoms with Crippen LogP contribution < -0.4 is 15.0 Å². The SMILES string of the molecule is COc1ccccc1N1C(=O)[C@H]2[C@@H](C1=O)[C@](Cc1ccccc1)(C(=O)O)N[C@H]2c1ccc(Cl)cc1. The number of rotatable bonds is 6. The number of hydrogen-bond donors (Lipinski definition) is 2. The quantitative estimate of drug-likeness (QED) is 0.509. The van der Waals surface area contributed by atoms with Crippen molar-refractivity contribution in [2.75, 3.05) is 12.0 Å². The molecule has 3 aromatic carbocycles. The van der Waals surface area contributed by atoms with Gasteiger partial charge in [-0.25, -0.2) is 4.90 Å². The van der Waals surface area contributed by atoms with E-state index in [9.17, 15) is 19.5 Å². The molecule has 2 aliphatic rings. The Morgan fingerprint density at radius 2 is 1.66 bits per heavy atom. The minimum Gasteiger partial charge on any atom is -0.495 e. The Morgan fingerprint density at radius 3 is 2.31 bits per heavy atom. The van der Waals surface area contributed by atoms with Gasteiger partial charge in [-0.1, -0.05) is 66.2 Å². The molecule has 0 aromatic heterocycles. The zero-order valence-electron chi connectivity index (χ0n) is 18.9.